The SMILES string of the molecule is Cn1nccc1C1Nc2ccccc2C(=O)N1O. The van der Waals surface area contributed by atoms with E-state index in [0.717, 1.165) is 0 Å². The Morgan fingerprint density at radius 2 is 2.11 bits per heavy atom. The molecule has 0 aliphatic carbocycles. The fourth-order valence-electron chi connectivity index (χ4n) is 2.10. The Balaban J connectivity index is 2.06. The summed E-state index contributed by atoms with van der Waals surface area (Å²) in [5.41, 5.74) is 1.87. The highest BCUT2D eigenvalue weighted by Crippen LogP contribution is 2.31. The molecule has 1 atom stereocenters. The standard InChI is InChI=1S/C12H12N4O2/c1-15-10(6-7-13-15)11-14-9-5-3-2-4-8(9)12(17)16(11)18/h2-7,11,14,18H,1H3. The highest BCUT2D eigenvalue weighted by molar-refractivity contribution is 6.00. The minimum atomic E-state index is -0.625. The van der Waals surface area contributed by atoms with Crippen LogP contribution >= 0.6 is 0 Å². The Labute approximate surface area is 103 Å². The van der Waals surface area contributed by atoms with Crippen molar-refractivity contribution < 1.29 is 10.0 Å². The predicted molar refractivity (Wildman–Crippen MR) is 64.0 cm³/mol. The van der Waals surface area contributed by atoms with Gasteiger partial charge in [0.15, 0.2) is 6.17 Å². The molecule has 6 heteroatoms. The third kappa shape index (κ3) is 1.46. The Morgan fingerprint density at radius 3 is 2.83 bits per heavy atom. The lowest BCUT2D eigenvalue weighted by molar-refractivity contribution is -0.0867. The molecule has 92 valence electrons. The molecule has 0 bridgehead atoms. The lowest BCUT2D eigenvalue weighted by atomic mass is 10.1. The van der Waals surface area contributed by atoms with Crippen LogP contribution in [-0.2, 0) is 7.05 Å². The van der Waals surface area contributed by atoms with Gasteiger partial charge >= 0.3 is 0 Å². The Morgan fingerprint density at radius 1 is 1.33 bits per heavy atom. The number of nitrogens with one attached hydrogen (secondary N) is 1. The van der Waals surface area contributed by atoms with Crippen LogP contribution in [0.4, 0.5) is 5.69 Å². The van der Waals surface area contributed by atoms with Gasteiger partial charge in [0.2, 0.25) is 0 Å². The molecule has 18 heavy (non-hydrogen) atoms. The van der Waals surface area contributed by atoms with Gasteiger partial charge in [-0.2, -0.15) is 10.2 Å². The maximum atomic E-state index is 12.0. The summed E-state index contributed by atoms with van der Waals surface area (Å²) in [6.07, 6.45) is 0.996. The summed E-state index contributed by atoms with van der Waals surface area (Å²) in [5, 5.41) is 17.8. The first-order valence-corrected chi connectivity index (χ1v) is 5.54. The molecule has 1 aliphatic heterocycles. The summed E-state index contributed by atoms with van der Waals surface area (Å²) < 4.78 is 1.61. The lowest BCUT2D eigenvalue weighted by Gasteiger charge is -2.33. The van der Waals surface area contributed by atoms with Crippen LogP contribution in [0, 0.1) is 0 Å². The summed E-state index contributed by atoms with van der Waals surface area (Å²) in [5.74, 6) is -0.421. The number of hydrogen-bond acceptors (Lipinski definition) is 4. The number of aryl methyl sites for hydroxylation is 1. The molecule has 1 unspecified atom stereocenters. The van der Waals surface area contributed by atoms with Gasteiger partial charge in [0.25, 0.3) is 5.91 Å². The number of carbonyl (C=O) groups excluding carboxylic acids is 1. The maximum Gasteiger partial charge on any atom is 0.281 e. The number of hydroxylamine groups is 2. The summed E-state index contributed by atoms with van der Waals surface area (Å²) in [4.78, 5) is 12.0. The van der Waals surface area contributed by atoms with Gasteiger partial charge in [-0.25, -0.2) is 0 Å². The number of fused-ring (bicyclic) bond motifs is 1. The highest BCUT2D eigenvalue weighted by Gasteiger charge is 2.33. The van der Waals surface area contributed by atoms with Gasteiger partial charge in [0, 0.05) is 18.9 Å². The van der Waals surface area contributed by atoms with Crippen molar-refractivity contribution in [1.82, 2.24) is 14.8 Å². The Kier molecular flexibility index (Phi) is 2.31. The molecule has 1 aromatic heterocycles. The van der Waals surface area contributed by atoms with Crippen molar-refractivity contribution in [1.29, 1.82) is 0 Å². The molecule has 6 nitrogen and oxygen atoms in total. The van der Waals surface area contributed by atoms with Crippen LogP contribution < -0.4 is 5.32 Å². The van der Waals surface area contributed by atoms with Gasteiger partial charge in [-0.15, -0.1) is 0 Å². The molecule has 0 fully saturated rings. The Hall–Kier alpha value is -2.34. The zero-order valence-corrected chi connectivity index (χ0v) is 9.74. The van der Waals surface area contributed by atoms with E-state index in [1.807, 2.05) is 12.1 Å². The first-order valence-electron chi connectivity index (χ1n) is 5.54. The van der Waals surface area contributed by atoms with E-state index in [-0.39, 0.29) is 0 Å². The molecule has 2 heterocycles. The largest absolute Gasteiger partial charge is 0.358 e. The third-order valence-corrected chi connectivity index (χ3v) is 3.04. The van der Waals surface area contributed by atoms with Crippen molar-refractivity contribution >= 4 is 11.6 Å². The molecule has 2 N–H and O–H groups in total. The van der Waals surface area contributed by atoms with Gasteiger partial charge in [0.05, 0.1) is 11.3 Å². The van der Waals surface area contributed by atoms with E-state index < -0.39 is 12.1 Å². The smallest absolute Gasteiger partial charge is 0.281 e. The van der Waals surface area contributed by atoms with E-state index in [4.69, 9.17) is 0 Å². The molecule has 1 aromatic carbocycles. The third-order valence-electron chi connectivity index (χ3n) is 3.04. The second kappa shape index (κ2) is 3.85. The van der Waals surface area contributed by atoms with Crippen LogP contribution in [0.5, 0.6) is 0 Å². The zero-order chi connectivity index (χ0) is 12.7. The number of amides is 1. The van der Waals surface area contributed by atoms with E-state index in [1.54, 1.807) is 36.1 Å². The van der Waals surface area contributed by atoms with Crippen molar-refractivity contribution in [2.75, 3.05) is 5.32 Å². The first kappa shape index (κ1) is 10.8. The van der Waals surface area contributed by atoms with Gasteiger partial charge in [-0.1, -0.05) is 12.1 Å². The van der Waals surface area contributed by atoms with Gasteiger partial charge in [-0.3, -0.25) is 14.7 Å². The van der Waals surface area contributed by atoms with Crippen LogP contribution in [0.15, 0.2) is 36.5 Å². The minimum absolute atomic E-state index is 0.421. The average molecular weight is 244 g/mol. The second-order valence-electron chi connectivity index (χ2n) is 4.12. The molecule has 0 radical (unpaired) electrons. The molecular weight excluding hydrogens is 232 g/mol. The van der Waals surface area contributed by atoms with E-state index in [1.165, 1.54) is 0 Å². The van der Waals surface area contributed by atoms with Gasteiger partial charge in [0.1, 0.15) is 0 Å². The summed E-state index contributed by atoms with van der Waals surface area (Å²) in [6.45, 7) is 0. The van der Waals surface area contributed by atoms with Crippen molar-refractivity contribution in [3.63, 3.8) is 0 Å². The van der Waals surface area contributed by atoms with Crippen molar-refractivity contribution in [2.45, 2.75) is 6.17 Å². The minimum Gasteiger partial charge on any atom is -0.358 e. The van der Waals surface area contributed by atoms with Crippen molar-refractivity contribution in [2.24, 2.45) is 7.05 Å². The molecule has 1 amide bonds. The van der Waals surface area contributed by atoms with Gasteiger partial charge < -0.3 is 5.32 Å². The number of hydrogen-bond donors (Lipinski definition) is 2. The topological polar surface area (TPSA) is 70.4 Å². The zero-order valence-electron chi connectivity index (χ0n) is 9.74. The van der Waals surface area contributed by atoms with E-state index in [9.17, 15) is 10.0 Å². The number of aromatic nitrogens is 2. The van der Waals surface area contributed by atoms with Gasteiger partial charge in [-0.05, 0) is 18.2 Å². The lowest BCUT2D eigenvalue weighted by Crippen LogP contribution is -2.41. The van der Waals surface area contributed by atoms with E-state index in [0.29, 0.717) is 22.0 Å². The van der Waals surface area contributed by atoms with E-state index >= 15 is 0 Å². The van der Waals surface area contributed by atoms with E-state index in [2.05, 4.69) is 10.4 Å². The number of carbonyl (C=O) groups is 1. The summed E-state index contributed by atoms with van der Waals surface area (Å²) in [7, 11) is 1.76. The molecule has 0 saturated heterocycles. The maximum absolute atomic E-state index is 12.0. The Bertz CT molecular complexity index is 608. The number of rotatable bonds is 1. The highest BCUT2D eigenvalue weighted by atomic mass is 16.5. The number of para-hydroxylation sites is 1. The molecular formula is C12H12N4O2. The molecule has 0 saturated carbocycles. The quantitative estimate of drug-likeness (QED) is 0.743. The molecule has 2 aromatic rings. The van der Waals surface area contributed by atoms with Crippen molar-refractivity contribution in [3.05, 3.63) is 47.8 Å². The molecule has 1 aliphatic rings. The monoisotopic (exact) mass is 244 g/mol. The van der Waals surface area contributed by atoms with Crippen LogP contribution in [0.2, 0.25) is 0 Å². The van der Waals surface area contributed by atoms with Crippen LogP contribution in [0.3, 0.4) is 0 Å². The number of nitrogens with zero attached hydrogens (tertiary/aromatic N) is 3. The van der Waals surface area contributed by atoms with Crippen LogP contribution in [-0.4, -0.2) is 26.0 Å². The summed E-state index contributed by atoms with van der Waals surface area (Å²) in [6, 6.07) is 8.84. The number of benzene rings is 1. The number of anilines is 1. The average Bonchev–Trinajstić information content (AvgIpc) is 2.80. The fourth-order valence-corrected chi connectivity index (χ4v) is 2.10. The summed E-state index contributed by atoms with van der Waals surface area (Å²) >= 11 is 0. The van der Waals surface area contributed by atoms with Crippen LogP contribution in [0.1, 0.15) is 22.2 Å². The first-order chi connectivity index (χ1) is 8.68. The molecule has 0 spiro atoms. The van der Waals surface area contributed by atoms with Crippen LogP contribution in [0.25, 0.3) is 0 Å². The predicted octanol–water partition coefficient (Wildman–Crippen LogP) is 1.38. The fraction of sp³-hybridized carbons (Fsp3) is 0.167. The second-order valence-corrected chi connectivity index (χ2v) is 4.12. The normalized spacial score (nSPS) is 18.4. The van der Waals surface area contributed by atoms with Crippen molar-refractivity contribution in [3.8, 4) is 0 Å². The molecule has 3 rings (SSSR count).